The zero-order valence-electron chi connectivity index (χ0n) is 11.4. The van der Waals surface area contributed by atoms with E-state index in [4.69, 9.17) is 10.5 Å². The van der Waals surface area contributed by atoms with Gasteiger partial charge in [0.1, 0.15) is 10.6 Å². The van der Waals surface area contributed by atoms with Gasteiger partial charge in [-0.2, -0.15) is 0 Å². The van der Waals surface area contributed by atoms with Crippen molar-refractivity contribution >= 4 is 33.8 Å². The lowest BCUT2D eigenvalue weighted by Crippen LogP contribution is -2.14. The molecule has 1 fully saturated rings. The van der Waals surface area contributed by atoms with Gasteiger partial charge >= 0.3 is 5.97 Å². The molecule has 0 atom stereocenters. The molecule has 0 bridgehead atoms. The molecule has 5 nitrogen and oxygen atoms in total. The monoisotopic (exact) mass is 318 g/mol. The first-order valence-electron chi connectivity index (χ1n) is 6.61. The van der Waals surface area contributed by atoms with Crippen molar-refractivity contribution in [1.29, 1.82) is 0 Å². The molecule has 1 aliphatic rings. The van der Waals surface area contributed by atoms with Crippen molar-refractivity contribution in [2.45, 2.75) is 26.2 Å². The van der Waals surface area contributed by atoms with Crippen molar-refractivity contribution in [3.8, 4) is 0 Å². The number of carbonyl (C=O) groups is 2. The summed E-state index contributed by atoms with van der Waals surface area (Å²) in [6.45, 7) is 1.14. The van der Waals surface area contributed by atoms with Crippen molar-refractivity contribution in [2.75, 3.05) is 24.2 Å². The highest BCUT2D eigenvalue weighted by Crippen LogP contribution is 2.42. The van der Waals surface area contributed by atoms with Crippen molar-refractivity contribution in [3.05, 3.63) is 10.4 Å². The Kier molecular flexibility index (Phi) is 4.76. The maximum atomic E-state index is 12.3. The van der Waals surface area contributed by atoms with E-state index in [9.17, 15) is 18.4 Å². The lowest BCUT2D eigenvalue weighted by Gasteiger charge is -2.06. The van der Waals surface area contributed by atoms with Gasteiger partial charge in [0.05, 0.1) is 23.7 Å². The molecule has 0 amide bonds. The van der Waals surface area contributed by atoms with Crippen molar-refractivity contribution < 1.29 is 23.1 Å². The molecule has 1 saturated carbocycles. The maximum absolute atomic E-state index is 12.3. The summed E-state index contributed by atoms with van der Waals surface area (Å²) in [4.78, 5) is 24.3. The van der Waals surface area contributed by atoms with E-state index in [0.717, 1.165) is 24.2 Å². The SMILES string of the molecule is CCOC(=O)c1c(NCC(F)F)sc(C(=O)C2CC2)c1N. The fraction of sp³-hybridized carbons (Fsp3) is 0.538. The highest BCUT2D eigenvalue weighted by Gasteiger charge is 2.35. The molecule has 3 N–H and O–H groups in total. The summed E-state index contributed by atoms with van der Waals surface area (Å²) in [5.74, 6) is -0.907. The van der Waals surface area contributed by atoms with E-state index in [0.29, 0.717) is 0 Å². The molecule has 2 rings (SSSR count). The quantitative estimate of drug-likeness (QED) is 0.597. The summed E-state index contributed by atoms with van der Waals surface area (Å²) in [5, 5.41) is 2.63. The van der Waals surface area contributed by atoms with Crippen LogP contribution in [0.2, 0.25) is 0 Å². The Hall–Kier alpha value is -1.70. The number of hydrogen-bond acceptors (Lipinski definition) is 6. The zero-order chi connectivity index (χ0) is 15.6. The van der Waals surface area contributed by atoms with Gasteiger partial charge < -0.3 is 15.8 Å². The summed E-state index contributed by atoms with van der Waals surface area (Å²) in [5.41, 5.74) is 5.87. The fourth-order valence-corrected chi connectivity index (χ4v) is 2.99. The average molecular weight is 318 g/mol. The predicted molar refractivity (Wildman–Crippen MR) is 76.2 cm³/mol. The third-order valence-electron chi connectivity index (χ3n) is 3.01. The third kappa shape index (κ3) is 3.49. The van der Waals surface area contributed by atoms with E-state index in [-0.39, 0.29) is 39.4 Å². The van der Waals surface area contributed by atoms with Crippen LogP contribution < -0.4 is 11.1 Å². The van der Waals surface area contributed by atoms with Crippen LogP contribution in [0.4, 0.5) is 19.5 Å². The smallest absolute Gasteiger partial charge is 0.343 e. The van der Waals surface area contributed by atoms with Gasteiger partial charge in [-0.25, -0.2) is 13.6 Å². The number of Topliss-reactive ketones (excluding diaryl/α,β-unsaturated/α-hetero) is 1. The Morgan fingerprint density at radius 2 is 2.14 bits per heavy atom. The zero-order valence-corrected chi connectivity index (χ0v) is 12.3. The highest BCUT2D eigenvalue weighted by atomic mass is 32.1. The van der Waals surface area contributed by atoms with E-state index in [1.165, 1.54) is 0 Å². The van der Waals surface area contributed by atoms with Gasteiger partial charge in [-0.1, -0.05) is 0 Å². The van der Waals surface area contributed by atoms with Gasteiger partial charge in [0, 0.05) is 5.92 Å². The second-order valence-corrected chi connectivity index (χ2v) is 5.70. The van der Waals surface area contributed by atoms with Gasteiger partial charge in [-0.05, 0) is 19.8 Å². The molecule has 0 aromatic carbocycles. The summed E-state index contributed by atoms with van der Waals surface area (Å²) in [6, 6.07) is 0. The summed E-state index contributed by atoms with van der Waals surface area (Å²) in [6.07, 6.45) is -0.985. The molecule has 1 aliphatic carbocycles. The molecule has 0 aliphatic heterocycles. The van der Waals surface area contributed by atoms with Crippen LogP contribution in [0.1, 0.15) is 39.8 Å². The molecule has 1 heterocycles. The molecular formula is C13H16F2N2O3S. The van der Waals surface area contributed by atoms with Crippen LogP contribution in [-0.4, -0.2) is 31.3 Å². The van der Waals surface area contributed by atoms with Crippen LogP contribution in [0, 0.1) is 5.92 Å². The van der Waals surface area contributed by atoms with Crippen LogP contribution in [0.3, 0.4) is 0 Å². The van der Waals surface area contributed by atoms with E-state index >= 15 is 0 Å². The minimum Gasteiger partial charge on any atom is -0.462 e. The second kappa shape index (κ2) is 6.38. The van der Waals surface area contributed by atoms with Gasteiger partial charge in [0.2, 0.25) is 0 Å². The molecule has 0 saturated heterocycles. The Balaban J connectivity index is 2.33. The Morgan fingerprint density at radius 1 is 1.48 bits per heavy atom. The predicted octanol–water partition coefficient (Wildman–Crippen LogP) is 2.78. The molecule has 0 spiro atoms. The number of hydrogen-bond donors (Lipinski definition) is 2. The molecule has 116 valence electrons. The fourth-order valence-electron chi connectivity index (χ4n) is 1.86. The number of rotatable bonds is 7. The number of alkyl halides is 2. The van der Waals surface area contributed by atoms with Gasteiger partial charge in [-0.3, -0.25) is 4.79 Å². The molecule has 0 radical (unpaired) electrons. The first-order chi connectivity index (χ1) is 9.95. The van der Waals surface area contributed by atoms with Gasteiger partial charge in [0.15, 0.2) is 5.78 Å². The number of esters is 1. The van der Waals surface area contributed by atoms with E-state index in [2.05, 4.69) is 5.32 Å². The number of ketones is 1. The largest absolute Gasteiger partial charge is 0.462 e. The topological polar surface area (TPSA) is 81.4 Å². The van der Waals surface area contributed by atoms with Gasteiger partial charge in [0.25, 0.3) is 6.43 Å². The molecule has 21 heavy (non-hydrogen) atoms. The second-order valence-electron chi connectivity index (χ2n) is 4.68. The summed E-state index contributed by atoms with van der Waals surface area (Å²) < 4.78 is 29.5. The number of nitrogens with one attached hydrogen (secondary N) is 1. The standard InChI is InChI=1S/C13H16F2N2O3S/c1-2-20-13(19)8-9(16)11(10(18)6-3-4-6)21-12(8)17-5-7(14)15/h6-7,17H,2-5,16H2,1H3. The van der Waals surface area contributed by atoms with Crippen LogP contribution in [-0.2, 0) is 4.74 Å². The number of carbonyl (C=O) groups excluding carboxylic acids is 2. The van der Waals surface area contributed by atoms with Crippen LogP contribution in [0.25, 0.3) is 0 Å². The first kappa shape index (κ1) is 15.7. The van der Waals surface area contributed by atoms with Crippen molar-refractivity contribution in [3.63, 3.8) is 0 Å². The Morgan fingerprint density at radius 3 is 2.67 bits per heavy atom. The summed E-state index contributed by atoms with van der Waals surface area (Å²) >= 11 is 0.939. The minimum absolute atomic E-state index is 0.0205. The average Bonchev–Trinajstić information content (AvgIpc) is 3.20. The third-order valence-corrected chi connectivity index (χ3v) is 4.19. The molecule has 0 unspecified atom stereocenters. The van der Waals surface area contributed by atoms with Crippen molar-refractivity contribution in [2.24, 2.45) is 5.92 Å². The van der Waals surface area contributed by atoms with Crippen LogP contribution in [0.5, 0.6) is 0 Å². The van der Waals surface area contributed by atoms with Crippen molar-refractivity contribution in [1.82, 2.24) is 0 Å². The first-order valence-corrected chi connectivity index (χ1v) is 7.42. The van der Waals surface area contributed by atoms with Crippen LogP contribution >= 0.6 is 11.3 Å². The lowest BCUT2D eigenvalue weighted by molar-refractivity contribution is 0.0529. The number of thiophene rings is 1. The number of anilines is 2. The minimum atomic E-state index is -2.58. The summed E-state index contributed by atoms with van der Waals surface area (Å²) in [7, 11) is 0. The maximum Gasteiger partial charge on any atom is 0.343 e. The molecule has 1 aromatic heterocycles. The highest BCUT2D eigenvalue weighted by molar-refractivity contribution is 7.19. The van der Waals surface area contributed by atoms with Crippen LogP contribution in [0.15, 0.2) is 0 Å². The van der Waals surface area contributed by atoms with E-state index in [1.807, 2.05) is 0 Å². The number of nitrogen functional groups attached to an aromatic ring is 1. The van der Waals surface area contributed by atoms with E-state index < -0.39 is 18.9 Å². The molecule has 1 aromatic rings. The number of ether oxygens (including phenoxy) is 1. The Bertz CT molecular complexity index is 556. The number of halogens is 2. The van der Waals surface area contributed by atoms with Gasteiger partial charge in [-0.15, -0.1) is 11.3 Å². The Labute approximate surface area is 124 Å². The lowest BCUT2D eigenvalue weighted by atomic mass is 10.1. The molecular weight excluding hydrogens is 302 g/mol. The molecule has 8 heteroatoms. The van der Waals surface area contributed by atoms with E-state index in [1.54, 1.807) is 6.92 Å². The normalized spacial score (nSPS) is 14.3. The number of nitrogens with two attached hydrogens (primary N) is 1.